The van der Waals surface area contributed by atoms with Gasteiger partial charge in [-0.3, -0.25) is 9.89 Å². The minimum atomic E-state index is -0.247. The molecule has 15 heavy (non-hydrogen) atoms. The van der Waals surface area contributed by atoms with E-state index in [1.54, 1.807) is 18.3 Å². The summed E-state index contributed by atoms with van der Waals surface area (Å²) >= 11 is 3.29. The zero-order valence-corrected chi connectivity index (χ0v) is 9.15. The van der Waals surface area contributed by atoms with Gasteiger partial charge in [-0.1, -0.05) is 0 Å². The van der Waals surface area contributed by atoms with Gasteiger partial charge in [0.1, 0.15) is 5.82 Å². The number of hydrogen-bond acceptors (Lipinski definition) is 3. The SMILES string of the molecule is O=C(Nc1ncccc1Br)c1cn[nH]c1. The quantitative estimate of drug-likeness (QED) is 0.871. The summed E-state index contributed by atoms with van der Waals surface area (Å²) in [7, 11) is 0. The molecule has 0 spiro atoms. The molecule has 0 aromatic carbocycles. The van der Waals surface area contributed by atoms with E-state index >= 15 is 0 Å². The van der Waals surface area contributed by atoms with Gasteiger partial charge in [0, 0.05) is 12.4 Å². The molecule has 0 saturated heterocycles. The molecule has 1 amide bonds. The van der Waals surface area contributed by atoms with Crippen molar-refractivity contribution in [3.63, 3.8) is 0 Å². The van der Waals surface area contributed by atoms with Crippen molar-refractivity contribution in [1.82, 2.24) is 15.2 Å². The molecule has 0 aliphatic heterocycles. The van der Waals surface area contributed by atoms with Gasteiger partial charge >= 0.3 is 0 Å². The van der Waals surface area contributed by atoms with Crippen molar-refractivity contribution in [3.05, 3.63) is 40.8 Å². The zero-order valence-electron chi connectivity index (χ0n) is 7.57. The molecule has 0 aliphatic rings. The summed E-state index contributed by atoms with van der Waals surface area (Å²) in [6.45, 7) is 0. The molecule has 0 bridgehead atoms. The van der Waals surface area contributed by atoms with E-state index in [-0.39, 0.29) is 5.91 Å². The number of carbonyl (C=O) groups is 1. The van der Waals surface area contributed by atoms with E-state index in [0.717, 1.165) is 4.47 Å². The molecule has 2 aromatic heterocycles. The Hall–Kier alpha value is -1.69. The second-order valence-corrected chi connectivity index (χ2v) is 3.63. The van der Waals surface area contributed by atoms with Crippen LogP contribution in [0.5, 0.6) is 0 Å². The molecule has 5 nitrogen and oxygen atoms in total. The van der Waals surface area contributed by atoms with Gasteiger partial charge in [-0.25, -0.2) is 4.98 Å². The molecule has 2 aromatic rings. The predicted molar refractivity (Wildman–Crippen MR) is 58.5 cm³/mol. The van der Waals surface area contributed by atoms with Crippen molar-refractivity contribution >= 4 is 27.7 Å². The molecular formula is C9H7BrN4O. The van der Waals surface area contributed by atoms with Gasteiger partial charge in [-0.05, 0) is 28.1 Å². The van der Waals surface area contributed by atoms with Crippen molar-refractivity contribution in [2.24, 2.45) is 0 Å². The first-order chi connectivity index (χ1) is 7.27. The topological polar surface area (TPSA) is 70.7 Å². The largest absolute Gasteiger partial charge is 0.306 e. The van der Waals surface area contributed by atoms with Crippen molar-refractivity contribution < 1.29 is 4.79 Å². The Balaban J connectivity index is 2.17. The van der Waals surface area contributed by atoms with Gasteiger partial charge in [0.15, 0.2) is 0 Å². The Morgan fingerprint density at radius 3 is 3.07 bits per heavy atom. The van der Waals surface area contributed by atoms with Gasteiger partial charge in [-0.2, -0.15) is 5.10 Å². The minimum Gasteiger partial charge on any atom is -0.306 e. The summed E-state index contributed by atoms with van der Waals surface area (Å²) in [6, 6.07) is 3.58. The number of amides is 1. The maximum Gasteiger partial charge on any atom is 0.260 e. The van der Waals surface area contributed by atoms with Crippen LogP contribution in [0.15, 0.2) is 35.2 Å². The van der Waals surface area contributed by atoms with Gasteiger partial charge in [0.05, 0.1) is 16.2 Å². The molecule has 0 saturated carbocycles. The van der Waals surface area contributed by atoms with Crippen LogP contribution < -0.4 is 5.32 Å². The minimum absolute atomic E-state index is 0.247. The van der Waals surface area contributed by atoms with Crippen LogP contribution in [0.1, 0.15) is 10.4 Å². The number of carbonyl (C=O) groups excluding carboxylic acids is 1. The van der Waals surface area contributed by atoms with E-state index in [0.29, 0.717) is 11.4 Å². The van der Waals surface area contributed by atoms with Crippen LogP contribution in [0.25, 0.3) is 0 Å². The first-order valence-electron chi connectivity index (χ1n) is 4.18. The van der Waals surface area contributed by atoms with Crippen LogP contribution >= 0.6 is 15.9 Å². The summed E-state index contributed by atoms with van der Waals surface area (Å²) < 4.78 is 0.738. The molecular weight excluding hydrogens is 260 g/mol. The molecule has 2 rings (SSSR count). The van der Waals surface area contributed by atoms with E-state index in [1.807, 2.05) is 0 Å². The van der Waals surface area contributed by atoms with Gasteiger partial charge in [0.25, 0.3) is 5.91 Å². The molecule has 0 atom stereocenters. The maximum absolute atomic E-state index is 11.6. The average Bonchev–Trinajstić information content (AvgIpc) is 2.74. The molecule has 2 N–H and O–H groups in total. The number of hydrogen-bond donors (Lipinski definition) is 2. The van der Waals surface area contributed by atoms with Crippen LogP contribution in [0, 0.1) is 0 Å². The van der Waals surface area contributed by atoms with E-state index in [2.05, 4.69) is 36.4 Å². The van der Waals surface area contributed by atoms with Crippen LogP contribution in [-0.2, 0) is 0 Å². The third-order valence-corrected chi connectivity index (χ3v) is 2.39. The maximum atomic E-state index is 11.6. The zero-order chi connectivity index (χ0) is 10.7. The number of nitrogens with one attached hydrogen (secondary N) is 2. The molecule has 2 heterocycles. The van der Waals surface area contributed by atoms with Gasteiger partial charge in [0.2, 0.25) is 0 Å². The van der Waals surface area contributed by atoms with Crippen molar-refractivity contribution in [2.75, 3.05) is 5.32 Å². The normalized spacial score (nSPS) is 9.93. The molecule has 76 valence electrons. The van der Waals surface area contributed by atoms with E-state index in [4.69, 9.17) is 0 Å². The lowest BCUT2D eigenvalue weighted by Crippen LogP contribution is -2.12. The third-order valence-electron chi connectivity index (χ3n) is 1.75. The number of nitrogens with zero attached hydrogens (tertiary/aromatic N) is 2. The molecule has 0 aliphatic carbocycles. The second-order valence-electron chi connectivity index (χ2n) is 2.77. The highest BCUT2D eigenvalue weighted by atomic mass is 79.9. The lowest BCUT2D eigenvalue weighted by molar-refractivity contribution is 0.102. The smallest absolute Gasteiger partial charge is 0.260 e. The summed E-state index contributed by atoms with van der Waals surface area (Å²) in [5, 5.41) is 8.91. The Morgan fingerprint density at radius 1 is 1.53 bits per heavy atom. The number of halogens is 1. The van der Waals surface area contributed by atoms with Crippen LogP contribution in [0.2, 0.25) is 0 Å². The fourth-order valence-corrected chi connectivity index (χ4v) is 1.39. The monoisotopic (exact) mass is 266 g/mol. The summed E-state index contributed by atoms with van der Waals surface area (Å²) in [5.74, 6) is 0.242. The number of H-pyrrole nitrogens is 1. The number of rotatable bonds is 2. The molecule has 6 heteroatoms. The average molecular weight is 267 g/mol. The fourth-order valence-electron chi connectivity index (χ4n) is 1.03. The van der Waals surface area contributed by atoms with Crippen molar-refractivity contribution in [3.8, 4) is 0 Å². The molecule has 0 fully saturated rings. The van der Waals surface area contributed by atoms with Gasteiger partial charge < -0.3 is 5.32 Å². The van der Waals surface area contributed by atoms with Crippen LogP contribution in [-0.4, -0.2) is 21.1 Å². The molecule has 0 unspecified atom stereocenters. The number of pyridine rings is 1. The van der Waals surface area contributed by atoms with E-state index in [9.17, 15) is 4.79 Å². The fraction of sp³-hybridized carbons (Fsp3) is 0. The highest BCUT2D eigenvalue weighted by Gasteiger charge is 2.09. The van der Waals surface area contributed by atoms with Crippen LogP contribution in [0.4, 0.5) is 5.82 Å². The highest BCUT2D eigenvalue weighted by Crippen LogP contribution is 2.18. The second kappa shape index (κ2) is 4.22. The Labute approximate surface area is 94.0 Å². The van der Waals surface area contributed by atoms with Crippen molar-refractivity contribution in [1.29, 1.82) is 0 Å². The predicted octanol–water partition coefficient (Wildman–Crippen LogP) is 1.82. The van der Waals surface area contributed by atoms with E-state index < -0.39 is 0 Å². The van der Waals surface area contributed by atoms with E-state index in [1.165, 1.54) is 12.4 Å². The Morgan fingerprint density at radius 2 is 2.40 bits per heavy atom. The number of aromatic nitrogens is 3. The first kappa shape index (κ1) is 9.85. The summed E-state index contributed by atoms with van der Waals surface area (Å²) in [5.41, 5.74) is 0.465. The Bertz CT molecular complexity index is 469. The number of anilines is 1. The lowest BCUT2D eigenvalue weighted by Gasteiger charge is -2.03. The lowest BCUT2D eigenvalue weighted by atomic mass is 10.3. The standard InChI is InChI=1S/C9H7BrN4O/c10-7-2-1-3-11-8(7)14-9(15)6-4-12-13-5-6/h1-5H,(H,12,13)(H,11,14,15). The first-order valence-corrected chi connectivity index (χ1v) is 4.97. The third kappa shape index (κ3) is 2.21. The van der Waals surface area contributed by atoms with Gasteiger partial charge in [-0.15, -0.1) is 0 Å². The summed E-state index contributed by atoms with van der Waals surface area (Å²) in [6.07, 6.45) is 4.58. The summed E-state index contributed by atoms with van der Waals surface area (Å²) in [4.78, 5) is 15.6. The Kier molecular flexibility index (Phi) is 2.77. The molecule has 0 radical (unpaired) electrons. The van der Waals surface area contributed by atoms with Crippen LogP contribution in [0.3, 0.4) is 0 Å². The van der Waals surface area contributed by atoms with Crippen molar-refractivity contribution in [2.45, 2.75) is 0 Å². The highest BCUT2D eigenvalue weighted by molar-refractivity contribution is 9.10. The number of aromatic amines is 1.